The summed E-state index contributed by atoms with van der Waals surface area (Å²) < 4.78 is 10.6. The fourth-order valence-electron chi connectivity index (χ4n) is 1.72. The van der Waals surface area contributed by atoms with E-state index in [4.69, 9.17) is 9.47 Å². The molecule has 1 fully saturated rings. The van der Waals surface area contributed by atoms with Gasteiger partial charge in [0.05, 0.1) is 12.7 Å². The van der Waals surface area contributed by atoms with E-state index in [9.17, 15) is 4.79 Å². The lowest BCUT2D eigenvalue weighted by molar-refractivity contribution is 0.0281. The molecule has 5 nitrogen and oxygen atoms in total. The molecule has 0 bridgehead atoms. The topological polar surface area (TPSA) is 59.6 Å². The van der Waals surface area contributed by atoms with Crippen molar-refractivity contribution in [2.24, 2.45) is 0 Å². The molecule has 1 amide bonds. The van der Waals surface area contributed by atoms with Gasteiger partial charge in [0.2, 0.25) is 0 Å². The Morgan fingerprint density at radius 1 is 1.44 bits per heavy atom. The number of morpholine rings is 1. The number of carbonyl (C=O) groups excluding carboxylic acids is 1. The van der Waals surface area contributed by atoms with Gasteiger partial charge in [-0.05, 0) is 5.56 Å². The average Bonchev–Trinajstić information content (AvgIpc) is 2.45. The van der Waals surface area contributed by atoms with E-state index in [1.807, 2.05) is 30.3 Å². The maximum atomic E-state index is 11.4. The van der Waals surface area contributed by atoms with Crippen LogP contribution in [0.5, 0.6) is 0 Å². The summed E-state index contributed by atoms with van der Waals surface area (Å²) in [4.78, 5) is 11.4. The summed E-state index contributed by atoms with van der Waals surface area (Å²) in [5.41, 5.74) is 0.975. The van der Waals surface area contributed by atoms with Crippen molar-refractivity contribution in [1.82, 2.24) is 10.6 Å². The molecule has 5 heteroatoms. The number of ether oxygens (including phenoxy) is 2. The van der Waals surface area contributed by atoms with E-state index in [1.54, 1.807) is 0 Å². The van der Waals surface area contributed by atoms with Crippen molar-refractivity contribution in [3.05, 3.63) is 35.9 Å². The highest BCUT2D eigenvalue weighted by Crippen LogP contribution is 2.00. The number of carbonyl (C=O) groups is 1. The SMILES string of the molecule is O=C(NCC1CNCCO1)OCc1ccccc1. The van der Waals surface area contributed by atoms with Crippen LogP contribution < -0.4 is 10.6 Å². The Labute approximate surface area is 106 Å². The molecular formula is C13H18N2O3. The van der Waals surface area contributed by atoms with Crippen LogP contribution in [-0.4, -0.2) is 38.4 Å². The zero-order chi connectivity index (χ0) is 12.6. The number of hydrogen-bond acceptors (Lipinski definition) is 4. The number of benzene rings is 1. The molecule has 0 radical (unpaired) electrons. The summed E-state index contributed by atoms with van der Waals surface area (Å²) in [6.07, 6.45) is -0.379. The second kappa shape index (κ2) is 6.98. The zero-order valence-electron chi connectivity index (χ0n) is 10.2. The van der Waals surface area contributed by atoms with E-state index >= 15 is 0 Å². The van der Waals surface area contributed by atoms with Gasteiger partial charge < -0.3 is 20.1 Å². The van der Waals surface area contributed by atoms with Crippen LogP contribution in [0.15, 0.2) is 30.3 Å². The number of rotatable bonds is 4. The molecule has 1 aromatic rings. The molecule has 98 valence electrons. The molecule has 2 rings (SSSR count). The summed E-state index contributed by atoms with van der Waals surface area (Å²) in [6.45, 7) is 3.08. The predicted octanol–water partition coefficient (Wildman–Crippen LogP) is 0.901. The highest BCUT2D eigenvalue weighted by atomic mass is 16.5. The van der Waals surface area contributed by atoms with Gasteiger partial charge in [-0.3, -0.25) is 0 Å². The van der Waals surface area contributed by atoms with Gasteiger partial charge in [-0.1, -0.05) is 30.3 Å². The number of alkyl carbamates (subject to hydrolysis) is 1. The molecule has 1 aliphatic heterocycles. The molecule has 1 atom stereocenters. The van der Waals surface area contributed by atoms with E-state index < -0.39 is 6.09 Å². The molecule has 1 saturated heterocycles. The minimum atomic E-state index is -0.409. The molecule has 0 aliphatic carbocycles. The standard InChI is InChI=1S/C13H18N2O3/c16-13(15-9-12-8-14-6-7-17-12)18-10-11-4-2-1-3-5-11/h1-5,12,14H,6-10H2,(H,15,16). The maximum absolute atomic E-state index is 11.4. The lowest BCUT2D eigenvalue weighted by Crippen LogP contribution is -2.45. The Kier molecular flexibility index (Phi) is 4.99. The molecule has 0 aromatic heterocycles. The largest absolute Gasteiger partial charge is 0.445 e. The van der Waals surface area contributed by atoms with Gasteiger partial charge in [0.15, 0.2) is 0 Å². The van der Waals surface area contributed by atoms with Crippen molar-refractivity contribution < 1.29 is 14.3 Å². The summed E-state index contributed by atoms with van der Waals surface area (Å²) in [7, 11) is 0. The minimum absolute atomic E-state index is 0.0306. The lowest BCUT2D eigenvalue weighted by atomic mass is 10.2. The Hall–Kier alpha value is -1.59. The normalized spacial score (nSPS) is 19.2. The molecule has 1 aliphatic rings. The Morgan fingerprint density at radius 2 is 2.28 bits per heavy atom. The lowest BCUT2D eigenvalue weighted by Gasteiger charge is -2.23. The van der Waals surface area contributed by atoms with E-state index in [-0.39, 0.29) is 12.7 Å². The summed E-state index contributed by atoms with van der Waals surface area (Å²) in [6, 6.07) is 9.59. The third-order valence-corrected chi connectivity index (χ3v) is 2.69. The molecule has 0 spiro atoms. The van der Waals surface area contributed by atoms with Gasteiger partial charge in [-0.2, -0.15) is 0 Å². The van der Waals surface area contributed by atoms with Gasteiger partial charge in [0, 0.05) is 19.6 Å². The Bertz CT molecular complexity index is 364. The Morgan fingerprint density at radius 3 is 3.00 bits per heavy atom. The van der Waals surface area contributed by atoms with Crippen molar-refractivity contribution >= 4 is 6.09 Å². The van der Waals surface area contributed by atoms with Crippen molar-refractivity contribution in [2.45, 2.75) is 12.7 Å². The highest BCUT2D eigenvalue weighted by molar-refractivity contribution is 5.67. The zero-order valence-corrected chi connectivity index (χ0v) is 10.2. The van der Waals surface area contributed by atoms with Crippen LogP contribution in [0.3, 0.4) is 0 Å². The molecular weight excluding hydrogens is 232 g/mol. The second-order valence-corrected chi connectivity index (χ2v) is 4.14. The fourth-order valence-corrected chi connectivity index (χ4v) is 1.72. The van der Waals surface area contributed by atoms with Crippen molar-refractivity contribution in [1.29, 1.82) is 0 Å². The number of hydrogen-bond donors (Lipinski definition) is 2. The molecule has 2 N–H and O–H groups in total. The van der Waals surface area contributed by atoms with Gasteiger partial charge in [0.25, 0.3) is 0 Å². The predicted molar refractivity (Wildman–Crippen MR) is 67.2 cm³/mol. The summed E-state index contributed by atoms with van der Waals surface area (Å²) in [5, 5.41) is 5.90. The molecule has 1 unspecified atom stereocenters. The molecule has 1 heterocycles. The quantitative estimate of drug-likeness (QED) is 0.833. The van der Waals surface area contributed by atoms with E-state index in [1.165, 1.54) is 0 Å². The fraction of sp³-hybridized carbons (Fsp3) is 0.462. The van der Waals surface area contributed by atoms with E-state index in [0.29, 0.717) is 13.2 Å². The number of nitrogens with one attached hydrogen (secondary N) is 2. The first-order valence-corrected chi connectivity index (χ1v) is 6.11. The first-order chi connectivity index (χ1) is 8.84. The van der Waals surface area contributed by atoms with Crippen molar-refractivity contribution in [3.63, 3.8) is 0 Å². The first kappa shape index (κ1) is 12.9. The van der Waals surface area contributed by atoms with Crippen LogP contribution in [0.25, 0.3) is 0 Å². The van der Waals surface area contributed by atoms with Gasteiger partial charge in [-0.15, -0.1) is 0 Å². The van der Waals surface area contributed by atoms with Crippen LogP contribution in [0.2, 0.25) is 0 Å². The maximum Gasteiger partial charge on any atom is 0.407 e. The summed E-state index contributed by atoms with van der Waals surface area (Å²) >= 11 is 0. The third kappa shape index (κ3) is 4.35. The van der Waals surface area contributed by atoms with E-state index in [0.717, 1.165) is 18.7 Å². The smallest absolute Gasteiger partial charge is 0.407 e. The Balaban J connectivity index is 1.63. The van der Waals surface area contributed by atoms with Crippen LogP contribution >= 0.6 is 0 Å². The van der Waals surface area contributed by atoms with Gasteiger partial charge >= 0.3 is 6.09 Å². The first-order valence-electron chi connectivity index (χ1n) is 6.11. The molecule has 18 heavy (non-hydrogen) atoms. The van der Waals surface area contributed by atoms with Crippen LogP contribution in [0.4, 0.5) is 4.79 Å². The monoisotopic (exact) mass is 250 g/mol. The number of amides is 1. The van der Waals surface area contributed by atoms with Crippen LogP contribution in [0, 0.1) is 0 Å². The van der Waals surface area contributed by atoms with Gasteiger partial charge in [-0.25, -0.2) is 4.79 Å². The average molecular weight is 250 g/mol. The van der Waals surface area contributed by atoms with Gasteiger partial charge in [0.1, 0.15) is 6.61 Å². The third-order valence-electron chi connectivity index (χ3n) is 2.69. The summed E-state index contributed by atoms with van der Waals surface area (Å²) in [5.74, 6) is 0. The van der Waals surface area contributed by atoms with E-state index in [2.05, 4.69) is 10.6 Å². The van der Waals surface area contributed by atoms with Crippen molar-refractivity contribution in [2.75, 3.05) is 26.2 Å². The van der Waals surface area contributed by atoms with Crippen LogP contribution in [0.1, 0.15) is 5.56 Å². The van der Waals surface area contributed by atoms with Crippen molar-refractivity contribution in [3.8, 4) is 0 Å². The molecule has 1 aromatic carbocycles. The highest BCUT2D eigenvalue weighted by Gasteiger charge is 2.14. The second-order valence-electron chi connectivity index (χ2n) is 4.14. The minimum Gasteiger partial charge on any atom is -0.445 e. The molecule has 0 saturated carbocycles. The van der Waals surface area contributed by atoms with Crippen LogP contribution in [-0.2, 0) is 16.1 Å².